The highest BCUT2D eigenvalue weighted by Crippen LogP contribution is 2.45. The Kier molecular flexibility index (Phi) is 5.42. The highest BCUT2D eigenvalue weighted by molar-refractivity contribution is 6.45. The second-order valence-corrected chi connectivity index (χ2v) is 7.69. The maximum atomic E-state index is 13.5. The third-order valence-corrected chi connectivity index (χ3v) is 5.24. The van der Waals surface area contributed by atoms with Crippen LogP contribution in [0.3, 0.4) is 0 Å². The molecule has 3 rings (SSSR count). The molecule has 3 unspecified atom stereocenters. The molecule has 1 heterocycles. The molecule has 3 nitrogen and oxygen atoms in total. The number of benzene rings is 1. The van der Waals surface area contributed by atoms with Crippen LogP contribution in [0.15, 0.2) is 28.2 Å². The molecular weight excluding hydrogens is 408 g/mol. The number of halogens is 7. The highest BCUT2D eigenvalue weighted by atomic mass is 35.5. The molecule has 10 heteroatoms. The fourth-order valence-corrected chi connectivity index (χ4v) is 3.89. The lowest BCUT2D eigenvalue weighted by molar-refractivity contribution is -0.170. The monoisotopic (exact) mass is 425 g/mol. The average molecular weight is 426 g/mol. The first-order valence-electron chi connectivity index (χ1n) is 8.60. The fraction of sp³-hybridized carbons (Fsp3) is 0.556. The van der Waals surface area contributed by atoms with Crippen LogP contribution in [-0.4, -0.2) is 37.9 Å². The van der Waals surface area contributed by atoms with Crippen molar-refractivity contribution in [1.82, 2.24) is 0 Å². The molecule has 154 valence electrons. The van der Waals surface area contributed by atoms with E-state index in [2.05, 4.69) is 9.98 Å². The second-order valence-electron chi connectivity index (χ2n) is 7.28. The van der Waals surface area contributed by atoms with Gasteiger partial charge in [0.05, 0.1) is 17.3 Å². The van der Waals surface area contributed by atoms with Gasteiger partial charge in [0.2, 0.25) is 0 Å². The summed E-state index contributed by atoms with van der Waals surface area (Å²) in [4.78, 5) is 10.1. The van der Waals surface area contributed by atoms with Crippen molar-refractivity contribution < 1.29 is 26.3 Å². The van der Waals surface area contributed by atoms with Crippen LogP contribution in [0.25, 0.3) is 0 Å². The van der Waals surface area contributed by atoms with Crippen molar-refractivity contribution in [3.05, 3.63) is 28.8 Å². The van der Waals surface area contributed by atoms with Gasteiger partial charge in [-0.1, -0.05) is 17.7 Å². The minimum atomic E-state index is -4.68. The van der Waals surface area contributed by atoms with E-state index in [1.54, 1.807) is 18.2 Å². The molecule has 0 spiro atoms. The maximum Gasteiger partial charge on any atom is 0.397 e. The van der Waals surface area contributed by atoms with E-state index in [1.807, 2.05) is 19.0 Å². The van der Waals surface area contributed by atoms with Crippen LogP contribution >= 0.6 is 11.6 Å². The number of anilines is 1. The first-order chi connectivity index (χ1) is 12.8. The van der Waals surface area contributed by atoms with E-state index in [1.165, 1.54) is 0 Å². The van der Waals surface area contributed by atoms with Crippen LogP contribution in [0.1, 0.15) is 31.0 Å². The summed E-state index contributed by atoms with van der Waals surface area (Å²) in [7, 11) is 3.62. The number of hydrogen-bond donors (Lipinski definition) is 0. The number of rotatable bonds is 3. The Morgan fingerprint density at radius 2 is 1.79 bits per heavy atom. The van der Waals surface area contributed by atoms with E-state index in [0.717, 1.165) is 5.69 Å². The Labute approximate surface area is 163 Å². The van der Waals surface area contributed by atoms with Crippen molar-refractivity contribution in [2.75, 3.05) is 19.0 Å². The molecule has 1 aromatic carbocycles. The van der Waals surface area contributed by atoms with Crippen LogP contribution in [0.4, 0.5) is 32.0 Å². The molecule has 28 heavy (non-hydrogen) atoms. The zero-order chi connectivity index (χ0) is 20.9. The number of alkyl halides is 6. The van der Waals surface area contributed by atoms with Crippen LogP contribution < -0.4 is 4.90 Å². The van der Waals surface area contributed by atoms with E-state index in [4.69, 9.17) is 11.6 Å². The lowest BCUT2D eigenvalue weighted by Gasteiger charge is -2.31. The maximum absolute atomic E-state index is 13.5. The van der Waals surface area contributed by atoms with E-state index in [-0.39, 0.29) is 17.8 Å². The molecule has 0 radical (unpaired) electrons. The van der Waals surface area contributed by atoms with Gasteiger partial charge < -0.3 is 4.90 Å². The summed E-state index contributed by atoms with van der Waals surface area (Å²) < 4.78 is 78.7. The second kappa shape index (κ2) is 7.24. The zero-order valence-corrected chi connectivity index (χ0v) is 15.8. The van der Waals surface area contributed by atoms with Gasteiger partial charge in [0, 0.05) is 36.8 Å². The molecule has 1 aliphatic carbocycles. The highest BCUT2D eigenvalue weighted by Gasteiger charge is 2.51. The van der Waals surface area contributed by atoms with Crippen LogP contribution in [-0.2, 0) is 0 Å². The molecule has 1 aliphatic heterocycles. The summed E-state index contributed by atoms with van der Waals surface area (Å²) in [6, 6.07) is 5.01. The van der Waals surface area contributed by atoms with Gasteiger partial charge >= 0.3 is 12.4 Å². The molecule has 0 amide bonds. The number of fused-ring (bicyclic) bond motifs is 1. The lowest BCUT2D eigenvalue weighted by Crippen LogP contribution is -2.41. The molecule has 1 aromatic rings. The molecule has 3 atom stereocenters. The standard InChI is InChI=1S/C18H18ClF6N3/c1-28(2)10-3-4-11(13(19)7-10)16-26-14-6-9(8-17(20,21)22)5-12(15(14)27-16)18(23,24)25/h3-4,7,9,12,16H,5-6,8H2,1-2H3. The molecule has 1 saturated carbocycles. The summed E-state index contributed by atoms with van der Waals surface area (Å²) >= 11 is 6.26. The Bertz CT molecular complexity index is 813. The molecule has 2 aliphatic rings. The van der Waals surface area contributed by atoms with Crippen LogP contribution in [0.2, 0.25) is 5.02 Å². The summed E-state index contributed by atoms with van der Waals surface area (Å²) in [6.07, 6.45) is -12.3. The summed E-state index contributed by atoms with van der Waals surface area (Å²) in [6.45, 7) is 0. The minimum Gasteiger partial charge on any atom is -0.378 e. The number of nitrogens with zero attached hydrogens (tertiary/aromatic N) is 3. The predicted molar refractivity (Wildman–Crippen MR) is 96.3 cm³/mol. The molecule has 1 fully saturated rings. The van der Waals surface area contributed by atoms with Gasteiger partial charge in [-0.25, -0.2) is 0 Å². The third-order valence-electron chi connectivity index (χ3n) is 4.91. The van der Waals surface area contributed by atoms with Gasteiger partial charge in [-0.15, -0.1) is 0 Å². The number of aliphatic imine (C=N–C) groups is 2. The van der Waals surface area contributed by atoms with E-state index in [9.17, 15) is 26.3 Å². The van der Waals surface area contributed by atoms with Crippen molar-refractivity contribution in [3.63, 3.8) is 0 Å². The average Bonchev–Trinajstić information content (AvgIpc) is 2.94. The van der Waals surface area contributed by atoms with Gasteiger partial charge in [0.15, 0.2) is 6.17 Å². The third kappa shape index (κ3) is 4.45. The Morgan fingerprint density at radius 1 is 1.11 bits per heavy atom. The van der Waals surface area contributed by atoms with Crippen molar-refractivity contribution in [3.8, 4) is 0 Å². The molecule has 0 saturated heterocycles. The molecule has 0 bridgehead atoms. The summed E-state index contributed by atoms with van der Waals surface area (Å²) in [5.74, 6) is -3.22. The fourth-order valence-electron chi connectivity index (χ4n) is 3.61. The van der Waals surface area contributed by atoms with Gasteiger partial charge in [0.1, 0.15) is 0 Å². The topological polar surface area (TPSA) is 28.0 Å². The van der Waals surface area contributed by atoms with Gasteiger partial charge in [-0.2, -0.15) is 26.3 Å². The van der Waals surface area contributed by atoms with Crippen molar-refractivity contribution >= 4 is 28.7 Å². The Morgan fingerprint density at radius 3 is 2.32 bits per heavy atom. The summed E-state index contributed by atoms with van der Waals surface area (Å²) in [5, 5.41) is 0.291. The quantitative estimate of drug-likeness (QED) is 0.559. The lowest BCUT2D eigenvalue weighted by atomic mass is 9.77. The Hall–Kier alpha value is -1.77. The van der Waals surface area contributed by atoms with Gasteiger partial charge in [0.25, 0.3) is 0 Å². The predicted octanol–water partition coefficient (Wildman–Crippen LogP) is 5.84. The first kappa shape index (κ1) is 21.0. The smallest absolute Gasteiger partial charge is 0.378 e. The molecule has 0 aromatic heterocycles. The normalized spacial score (nSPS) is 25.2. The minimum absolute atomic E-state index is 0.000535. The van der Waals surface area contributed by atoms with Crippen molar-refractivity contribution in [2.45, 2.75) is 37.8 Å². The first-order valence-corrected chi connectivity index (χ1v) is 8.98. The van der Waals surface area contributed by atoms with Crippen molar-refractivity contribution in [1.29, 1.82) is 0 Å². The number of hydrogen-bond acceptors (Lipinski definition) is 3. The van der Waals surface area contributed by atoms with Crippen LogP contribution in [0.5, 0.6) is 0 Å². The van der Waals surface area contributed by atoms with Crippen molar-refractivity contribution in [2.24, 2.45) is 21.8 Å². The van der Waals surface area contributed by atoms with E-state index in [0.29, 0.717) is 10.6 Å². The largest absolute Gasteiger partial charge is 0.397 e. The van der Waals surface area contributed by atoms with Gasteiger partial charge in [-0.05, 0) is 30.9 Å². The molecule has 0 N–H and O–H groups in total. The van der Waals surface area contributed by atoms with Crippen LogP contribution in [0, 0.1) is 11.8 Å². The SMILES string of the molecule is CN(C)c1ccc(C2N=C3CC(CC(F)(F)F)CC(C(F)(F)F)C3=N2)c(Cl)c1. The summed E-state index contributed by atoms with van der Waals surface area (Å²) in [5.41, 5.74) is 0.960. The zero-order valence-electron chi connectivity index (χ0n) is 15.1. The van der Waals surface area contributed by atoms with Gasteiger partial charge in [-0.3, -0.25) is 9.98 Å². The molecular formula is C18H18ClF6N3. The Balaban J connectivity index is 1.94. The van der Waals surface area contributed by atoms with E-state index < -0.39 is 43.2 Å². The van der Waals surface area contributed by atoms with E-state index >= 15 is 0 Å².